The maximum atomic E-state index is 10.4. The Morgan fingerprint density at radius 3 is 2.27 bits per heavy atom. The molecule has 1 aromatic heterocycles. The molecule has 0 amide bonds. The van der Waals surface area contributed by atoms with Crippen molar-refractivity contribution in [1.29, 1.82) is 0 Å². The monoisotopic (exact) mass is 155 g/mol. The first-order chi connectivity index (χ1) is 5.04. The molecule has 0 aliphatic carbocycles. The Balaban J connectivity index is 3.29. The molecule has 0 N–H and O–H groups in total. The maximum absolute atomic E-state index is 10.4. The van der Waals surface area contributed by atoms with E-state index in [-0.39, 0.29) is 5.89 Å². The molecule has 0 saturated heterocycles. The lowest BCUT2D eigenvalue weighted by atomic mass is 10.4. The molecule has 0 fully saturated rings. The van der Waals surface area contributed by atoms with Gasteiger partial charge < -0.3 is 14.3 Å². The first-order valence-electron chi connectivity index (χ1n) is 3.21. The molecule has 0 aliphatic rings. The van der Waals surface area contributed by atoms with Gasteiger partial charge in [-0.25, -0.2) is 0 Å². The number of carbonyl (C=O) groups excluding carboxylic acids is 1. The van der Waals surface area contributed by atoms with Crippen LogP contribution in [0.15, 0.2) is 4.42 Å². The number of carboxylic acid groups (broad SMARTS) is 1. The summed E-state index contributed by atoms with van der Waals surface area (Å²) in [5.41, 5.74) is 0.796. The number of hydrogen-bond acceptors (Lipinski definition) is 3. The second kappa shape index (κ2) is 2.38. The van der Waals surface area contributed by atoms with E-state index in [4.69, 9.17) is 4.42 Å². The van der Waals surface area contributed by atoms with Crippen molar-refractivity contribution in [1.82, 2.24) is 0 Å². The highest BCUT2D eigenvalue weighted by Gasteiger charge is 2.19. The third-order valence-electron chi connectivity index (χ3n) is 1.74. The Bertz CT molecular complexity index is 301. The number of aryl methyl sites for hydroxylation is 1. The van der Waals surface area contributed by atoms with E-state index in [0.29, 0.717) is 5.76 Å². The van der Waals surface area contributed by atoms with Crippen molar-refractivity contribution in [3.05, 3.63) is 17.3 Å². The lowest BCUT2D eigenvalue weighted by Gasteiger charge is -1.89. The summed E-state index contributed by atoms with van der Waals surface area (Å²) in [4.78, 5) is 10.4. The highest BCUT2D eigenvalue weighted by Crippen LogP contribution is 2.03. The van der Waals surface area contributed by atoms with Crippen LogP contribution in [0.1, 0.15) is 22.1 Å². The van der Waals surface area contributed by atoms with Crippen LogP contribution in [-0.2, 0) is 7.05 Å². The second-order valence-corrected chi connectivity index (χ2v) is 2.40. The number of aromatic nitrogens is 1. The lowest BCUT2D eigenvalue weighted by Crippen LogP contribution is -2.40. The molecule has 0 bridgehead atoms. The van der Waals surface area contributed by atoms with Crippen molar-refractivity contribution in [2.24, 2.45) is 7.05 Å². The Labute approximate surface area is 64.1 Å². The molecule has 0 radical (unpaired) electrons. The summed E-state index contributed by atoms with van der Waals surface area (Å²) in [5, 5.41) is 10.4. The summed E-state index contributed by atoms with van der Waals surface area (Å²) in [6, 6.07) is 0. The van der Waals surface area contributed by atoms with Gasteiger partial charge in [-0.05, 0) is 0 Å². The predicted octanol–water partition coefficient (Wildman–Crippen LogP) is -0.916. The van der Waals surface area contributed by atoms with E-state index < -0.39 is 5.97 Å². The number of aromatic carboxylic acids is 1. The van der Waals surface area contributed by atoms with Gasteiger partial charge in [0.1, 0.15) is 7.05 Å². The number of nitrogens with zero attached hydrogens (tertiary/aromatic N) is 1. The predicted molar refractivity (Wildman–Crippen MR) is 33.7 cm³/mol. The van der Waals surface area contributed by atoms with Gasteiger partial charge in [-0.3, -0.25) is 0 Å². The Kier molecular flexibility index (Phi) is 1.68. The van der Waals surface area contributed by atoms with E-state index in [0.717, 1.165) is 5.69 Å². The molecule has 1 rings (SSSR count). The van der Waals surface area contributed by atoms with Gasteiger partial charge in [-0.2, -0.15) is 4.57 Å². The van der Waals surface area contributed by atoms with Gasteiger partial charge in [0.05, 0.1) is 0 Å². The minimum Gasteiger partial charge on any atom is -0.537 e. The normalized spacial score (nSPS) is 10.1. The number of carbonyl (C=O) groups is 1. The highest BCUT2D eigenvalue weighted by atomic mass is 16.4. The quantitative estimate of drug-likeness (QED) is 0.493. The Hall–Kier alpha value is -1.32. The van der Waals surface area contributed by atoms with E-state index in [9.17, 15) is 9.90 Å². The fourth-order valence-corrected chi connectivity index (χ4v) is 0.854. The van der Waals surface area contributed by atoms with Crippen LogP contribution in [0.2, 0.25) is 0 Å². The van der Waals surface area contributed by atoms with Gasteiger partial charge >= 0.3 is 5.89 Å². The van der Waals surface area contributed by atoms with Crippen molar-refractivity contribution in [3.63, 3.8) is 0 Å². The molecular weight excluding hydrogens is 146 g/mol. The van der Waals surface area contributed by atoms with E-state index in [2.05, 4.69) is 0 Å². The molecule has 0 saturated carbocycles. The fraction of sp³-hybridized carbons (Fsp3) is 0.429. The van der Waals surface area contributed by atoms with E-state index in [1.54, 1.807) is 20.9 Å². The molecule has 4 nitrogen and oxygen atoms in total. The van der Waals surface area contributed by atoms with Crippen molar-refractivity contribution in [2.45, 2.75) is 13.8 Å². The molecule has 0 aromatic carbocycles. The number of carboxylic acids is 1. The summed E-state index contributed by atoms with van der Waals surface area (Å²) in [6.07, 6.45) is 0. The maximum Gasteiger partial charge on any atom is 0.396 e. The topological polar surface area (TPSA) is 57.1 Å². The van der Waals surface area contributed by atoms with Crippen LogP contribution in [-0.4, -0.2) is 5.97 Å². The van der Waals surface area contributed by atoms with Gasteiger partial charge in [0.25, 0.3) is 0 Å². The summed E-state index contributed by atoms with van der Waals surface area (Å²) in [7, 11) is 1.62. The van der Waals surface area contributed by atoms with Crippen LogP contribution >= 0.6 is 0 Å². The average molecular weight is 155 g/mol. The SMILES string of the molecule is Cc1oc(C(=O)[O-])[n+](C)c1C. The third-order valence-corrected chi connectivity index (χ3v) is 1.74. The molecule has 0 atom stereocenters. The van der Waals surface area contributed by atoms with Crippen molar-refractivity contribution in [2.75, 3.05) is 0 Å². The third kappa shape index (κ3) is 1.11. The first-order valence-corrected chi connectivity index (χ1v) is 3.21. The summed E-state index contributed by atoms with van der Waals surface area (Å²) in [5.74, 6) is -0.824. The lowest BCUT2D eigenvalue weighted by molar-refractivity contribution is -0.685. The molecule has 0 aliphatic heterocycles. The van der Waals surface area contributed by atoms with E-state index >= 15 is 0 Å². The van der Waals surface area contributed by atoms with Crippen LogP contribution < -0.4 is 9.67 Å². The number of oxazole rings is 1. The smallest absolute Gasteiger partial charge is 0.396 e. The zero-order chi connectivity index (χ0) is 8.59. The van der Waals surface area contributed by atoms with Crippen LogP contribution in [0, 0.1) is 13.8 Å². The van der Waals surface area contributed by atoms with Gasteiger partial charge in [0.2, 0.25) is 5.69 Å². The molecular formula is C7H9NO3. The molecule has 1 heterocycles. The minimum absolute atomic E-state index is 0.139. The van der Waals surface area contributed by atoms with Gasteiger partial charge in [0, 0.05) is 13.8 Å². The summed E-state index contributed by atoms with van der Waals surface area (Å²) < 4.78 is 6.36. The second-order valence-electron chi connectivity index (χ2n) is 2.40. The zero-order valence-electron chi connectivity index (χ0n) is 6.67. The van der Waals surface area contributed by atoms with Crippen LogP contribution in [0.5, 0.6) is 0 Å². The van der Waals surface area contributed by atoms with Crippen LogP contribution in [0.4, 0.5) is 0 Å². The Morgan fingerprint density at radius 2 is 2.09 bits per heavy atom. The molecule has 0 unspecified atom stereocenters. The average Bonchev–Trinajstić information content (AvgIpc) is 2.17. The van der Waals surface area contributed by atoms with Crippen molar-refractivity contribution >= 4 is 5.97 Å². The molecule has 60 valence electrons. The van der Waals surface area contributed by atoms with Crippen LogP contribution in [0.3, 0.4) is 0 Å². The van der Waals surface area contributed by atoms with E-state index in [1.165, 1.54) is 4.57 Å². The van der Waals surface area contributed by atoms with Gasteiger partial charge in [-0.1, -0.05) is 0 Å². The first kappa shape index (κ1) is 7.78. The standard InChI is InChI=1S/C7H9NO3/c1-4-5(2)11-6(7(9)10)8(4)3/h1-3H3. The van der Waals surface area contributed by atoms with Gasteiger partial charge in [0.15, 0.2) is 11.7 Å². The largest absolute Gasteiger partial charge is 0.537 e. The van der Waals surface area contributed by atoms with Crippen molar-refractivity contribution in [3.8, 4) is 0 Å². The van der Waals surface area contributed by atoms with Gasteiger partial charge in [-0.15, -0.1) is 0 Å². The molecule has 1 aromatic rings. The van der Waals surface area contributed by atoms with Crippen LogP contribution in [0.25, 0.3) is 0 Å². The molecule has 4 heteroatoms. The summed E-state index contributed by atoms with van der Waals surface area (Å²) >= 11 is 0. The fourth-order valence-electron chi connectivity index (χ4n) is 0.854. The Morgan fingerprint density at radius 1 is 1.55 bits per heavy atom. The van der Waals surface area contributed by atoms with Crippen molar-refractivity contribution < 1.29 is 18.9 Å². The zero-order valence-corrected chi connectivity index (χ0v) is 6.67. The highest BCUT2D eigenvalue weighted by molar-refractivity contribution is 5.78. The summed E-state index contributed by atoms with van der Waals surface area (Å²) in [6.45, 7) is 3.49. The minimum atomic E-state index is -1.29. The van der Waals surface area contributed by atoms with E-state index in [1.807, 2.05) is 0 Å². The number of hydrogen-bond donors (Lipinski definition) is 0. The molecule has 11 heavy (non-hydrogen) atoms. The molecule has 0 spiro atoms. The number of rotatable bonds is 1.